The molecule has 0 aliphatic carbocycles. The number of benzene rings is 1. The van der Waals surface area contributed by atoms with Gasteiger partial charge in [0.05, 0.1) is 0 Å². The summed E-state index contributed by atoms with van der Waals surface area (Å²) in [7, 11) is 0. The second-order valence-electron chi connectivity index (χ2n) is 5.25. The van der Waals surface area contributed by atoms with E-state index in [4.69, 9.17) is 5.73 Å². The van der Waals surface area contributed by atoms with Gasteiger partial charge in [-0.05, 0) is 55.2 Å². The summed E-state index contributed by atoms with van der Waals surface area (Å²) >= 11 is 0. The van der Waals surface area contributed by atoms with Gasteiger partial charge in [-0.15, -0.1) is 0 Å². The summed E-state index contributed by atoms with van der Waals surface area (Å²) in [5.41, 5.74) is 10.6. The zero-order chi connectivity index (χ0) is 13.4. The van der Waals surface area contributed by atoms with Gasteiger partial charge >= 0.3 is 0 Å². The van der Waals surface area contributed by atoms with Crippen molar-refractivity contribution < 1.29 is 0 Å². The number of rotatable bonds is 8. The van der Waals surface area contributed by atoms with Crippen LogP contribution in [0.25, 0.3) is 0 Å². The zero-order valence-electron chi connectivity index (χ0n) is 12.3. The fourth-order valence-corrected chi connectivity index (χ4v) is 2.55. The SMILES string of the molecule is CCCC(N)CCCc1cc(CC)ccc1CC. The molecule has 0 saturated carbocycles. The predicted molar refractivity (Wildman–Crippen MR) is 81.0 cm³/mol. The molecule has 1 heteroatoms. The molecule has 102 valence electrons. The van der Waals surface area contributed by atoms with E-state index in [0.717, 1.165) is 25.7 Å². The van der Waals surface area contributed by atoms with Gasteiger partial charge in [-0.1, -0.05) is 45.4 Å². The maximum Gasteiger partial charge on any atom is 0.00388 e. The summed E-state index contributed by atoms with van der Waals surface area (Å²) in [6, 6.07) is 7.37. The molecule has 0 amide bonds. The summed E-state index contributed by atoms with van der Waals surface area (Å²) in [5.74, 6) is 0. The standard InChI is InChI=1S/C17H29N/c1-4-8-17(18)10-7-9-16-13-14(5-2)11-12-15(16)6-3/h11-13,17H,4-10,18H2,1-3H3. The van der Waals surface area contributed by atoms with Crippen LogP contribution in [0.3, 0.4) is 0 Å². The van der Waals surface area contributed by atoms with Crippen molar-refractivity contribution in [2.75, 3.05) is 0 Å². The summed E-state index contributed by atoms with van der Waals surface area (Å²) < 4.78 is 0. The van der Waals surface area contributed by atoms with Crippen LogP contribution in [0.4, 0.5) is 0 Å². The van der Waals surface area contributed by atoms with Crippen molar-refractivity contribution in [2.45, 2.75) is 71.8 Å². The highest BCUT2D eigenvalue weighted by Gasteiger charge is 2.05. The van der Waals surface area contributed by atoms with E-state index in [9.17, 15) is 0 Å². The molecule has 1 aromatic carbocycles. The Bertz CT molecular complexity index is 343. The Balaban J connectivity index is 2.54. The molecular weight excluding hydrogens is 218 g/mol. The Morgan fingerprint density at radius 2 is 1.78 bits per heavy atom. The molecule has 1 unspecified atom stereocenters. The van der Waals surface area contributed by atoms with Crippen LogP contribution in [-0.4, -0.2) is 6.04 Å². The van der Waals surface area contributed by atoms with E-state index in [2.05, 4.69) is 39.0 Å². The lowest BCUT2D eigenvalue weighted by atomic mass is 9.95. The van der Waals surface area contributed by atoms with E-state index in [1.54, 1.807) is 5.56 Å². The van der Waals surface area contributed by atoms with Gasteiger partial charge in [0.1, 0.15) is 0 Å². The molecular formula is C17H29N. The fraction of sp³-hybridized carbons (Fsp3) is 0.647. The molecule has 0 spiro atoms. The number of nitrogens with two attached hydrogens (primary N) is 1. The largest absolute Gasteiger partial charge is 0.328 e. The van der Waals surface area contributed by atoms with Crippen molar-refractivity contribution in [3.63, 3.8) is 0 Å². The van der Waals surface area contributed by atoms with Crippen LogP contribution in [0, 0.1) is 0 Å². The van der Waals surface area contributed by atoms with Gasteiger partial charge in [0.25, 0.3) is 0 Å². The quantitative estimate of drug-likeness (QED) is 0.729. The summed E-state index contributed by atoms with van der Waals surface area (Å²) in [6.45, 7) is 6.68. The van der Waals surface area contributed by atoms with E-state index in [0.29, 0.717) is 6.04 Å². The highest BCUT2D eigenvalue weighted by Crippen LogP contribution is 2.17. The van der Waals surface area contributed by atoms with Crippen LogP contribution in [0.5, 0.6) is 0 Å². The molecule has 1 nitrogen and oxygen atoms in total. The van der Waals surface area contributed by atoms with Crippen LogP contribution >= 0.6 is 0 Å². The first-order chi connectivity index (χ1) is 8.71. The molecule has 0 aliphatic rings. The van der Waals surface area contributed by atoms with E-state index in [-0.39, 0.29) is 0 Å². The van der Waals surface area contributed by atoms with E-state index >= 15 is 0 Å². The van der Waals surface area contributed by atoms with Gasteiger partial charge in [-0.3, -0.25) is 0 Å². The van der Waals surface area contributed by atoms with Crippen LogP contribution in [-0.2, 0) is 19.3 Å². The molecule has 1 atom stereocenters. The van der Waals surface area contributed by atoms with Crippen molar-refractivity contribution in [2.24, 2.45) is 5.73 Å². The second kappa shape index (κ2) is 8.31. The minimum atomic E-state index is 0.398. The molecule has 0 bridgehead atoms. The lowest BCUT2D eigenvalue weighted by molar-refractivity contribution is 0.539. The molecule has 0 fully saturated rings. The van der Waals surface area contributed by atoms with Crippen molar-refractivity contribution in [3.05, 3.63) is 34.9 Å². The summed E-state index contributed by atoms with van der Waals surface area (Å²) in [5, 5.41) is 0. The number of hydrogen-bond acceptors (Lipinski definition) is 1. The predicted octanol–water partition coefficient (Wildman–Crippen LogP) is 4.26. The average Bonchev–Trinajstić information content (AvgIpc) is 2.39. The van der Waals surface area contributed by atoms with Crippen molar-refractivity contribution >= 4 is 0 Å². The topological polar surface area (TPSA) is 26.0 Å². The normalized spacial score (nSPS) is 12.7. The lowest BCUT2D eigenvalue weighted by Crippen LogP contribution is -2.19. The van der Waals surface area contributed by atoms with Gasteiger partial charge in [0, 0.05) is 6.04 Å². The van der Waals surface area contributed by atoms with Crippen LogP contribution in [0.1, 0.15) is 63.1 Å². The second-order valence-corrected chi connectivity index (χ2v) is 5.25. The highest BCUT2D eigenvalue weighted by molar-refractivity contribution is 5.32. The molecule has 2 N–H and O–H groups in total. The molecule has 0 heterocycles. The monoisotopic (exact) mass is 247 g/mol. The Morgan fingerprint density at radius 3 is 2.39 bits per heavy atom. The molecule has 0 aromatic heterocycles. The van der Waals surface area contributed by atoms with Crippen molar-refractivity contribution in [1.29, 1.82) is 0 Å². The first kappa shape index (κ1) is 15.2. The minimum Gasteiger partial charge on any atom is -0.328 e. The lowest BCUT2D eigenvalue weighted by Gasteiger charge is -2.12. The Hall–Kier alpha value is -0.820. The Kier molecular flexibility index (Phi) is 7.04. The van der Waals surface area contributed by atoms with Gasteiger partial charge in [0.15, 0.2) is 0 Å². The van der Waals surface area contributed by atoms with Crippen LogP contribution < -0.4 is 5.73 Å². The van der Waals surface area contributed by atoms with Crippen LogP contribution in [0.2, 0.25) is 0 Å². The van der Waals surface area contributed by atoms with Crippen molar-refractivity contribution in [1.82, 2.24) is 0 Å². The average molecular weight is 247 g/mol. The van der Waals surface area contributed by atoms with E-state index in [1.807, 2.05) is 0 Å². The maximum absolute atomic E-state index is 6.07. The first-order valence-electron chi connectivity index (χ1n) is 7.57. The molecule has 0 saturated heterocycles. The smallest absolute Gasteiger partial charge is 0.00388 e. The maximum atomic E-state index is 6.07. The van der Waals surface area contributed by atoms with Crippen LogP contribution in [0.15, 0.2) is 18.2 Å². The number of aryl methyl sites for hydroxylation is 3. The summed E-state index contributed by atoms with van der Waals surface area (Å²) in [4.78, 5) is 0. The highest BCUT2D eigenvalue weighted by atomic mass is 14.6. The summed E-state index contributed by atoms with van der Waals surface area (Å²) in [6.07, 6.45) is 8.21. The minimum absolute atomic E-state index is 0.398. The fourth-order valence-electron chi connectivity index (χ4n) is 2.55. The molecule has 0 radical (unpaired) electrons. The van der Waals surface area contributed by atoms with Gasteiger partial charge in [-0.2, -0.15) is 0 Å². The molecule has 1 aromatic rings. The van der Waals surface area contributed by atoms with E-state index in [1.165, 1.54) is 30.4 Å². The Morgan fingerprint density at radius 1 is 1.00 bits per heavy atom. The molecule has 18 heavy (non-hydrogen) atoms. The van der Waals surface area contributed by atoms with Gasteiger partial charge in [0.2, 0.25) is 0 Å². The van der Waals surface area contributed by atoms with Gasteiger partial charge < -0.3 is 5.73 Å². The first-order valence-corrected chi connectivity index (χ1v) is 7.57. The molecule has 0 aliphatic heterocycles. The third-order valence-electron chi connectivity index (χ3n) is 3.74. The van der Waals surface area contributed by atoms with Gasteiger partial charge in [-0.25, -0.2) is 0 Å². The third kappa shape index (κ3) is 4.81. The third-order valence-corrected chi connectivity index (χ3v) is 3.74. The Labute approximate surface area is 113 Å². The molecule has 1 rings (SSSR count). The number of hydrogen-bond donors (Lipinski definition) is 1. The van der Waals surface area contributed by atoms with Crippen molar-refractivity contribution in [3.8, 4) is 0 Å². The zero-order valence-corrected chi connectivity index (χ0v) is 12.3. The van der Waals surface area contributed by atoms with E-state index < -0.39 is 0 Å².